The summed E-state index contributed by atoms with van der Waals surface area (Å²) in [6.07, 6.45) is 0. The number of hydrogen-bond donors (Lipinski definition) is 1. The Hall–Kier alpha value is -2.67. The molecule has 3 rings (SSSR count). The second-order valence-electron chi connectivity index (χ2n) is 6.21. The third kappa shape index (κ3) is 4.92. The first kappa shape index (κ1) is 18.1. The Labute approximate surface area is 153 Å². The lowest BCUT2D eigenvalue weighted by molar-refractivity contribution is -0.123. The van der Waals surface area contributed by atoms with Crippen molar-refractivity contribution in [3.63, 3.8) is 0 Å². The Kier molecular flexibility index (Phi) is 6.01. The summed E-state index contributed by atoms with van der Waals surface area (Å²) in [5.74, 6) is 1.98. The molecule has 0 unspecified atom stereocenters. The molecule has 2 aromatic rings. The molecule has 0 saturated carbocycles. The van der Waals surface area contributed by atoms with Crippen molar-refractivity contribution in [1.82, 2.24) is 15.3 Å². The highest BCUT2D eigenvalue weighted by Gasteiger charge is 2.14. The zero-order valence-corrected chi connectivity index (χ0v) is 15.2. The van der Waals surface area contributed by atoms with Gasteiger partial charge in [0.05, 0.1) is 19.8 Å². The van der Waals surface area contributed by atoms with Crippen LogP contribution in [0.2, 0.25) is 0 Å². The summed E-state index contributed by atoms with van der Waals surface area (Å²) in [5, 5.41) is 2.81. The highest BCUT2D eigenvalue weighted by Crippen LogP contribution is 2.16. The summed E-state index contributed by atoms with van der Waals surface area (Å²) in [7, 11) is 0. The molecule has 1 saturated heterocycles. The van der Waals surface area contributed by atoms with Gasteiger partial charge in [-0.3, -0.25) is 4.79 Å². The molecule has 1 aromatic carbocycles. The molecule has 0 radical (unpaired) electrons. The Bertz CT molecular complexity index is 760. The van der Waals surface area contributed by atoms with E-state index < -0.39 is 0 Å². The normalized spacial score (nSPS) is 14.2. The molecular weight excluding hydrogens is 332 g/mol. The van der Waals surface area contributed by atoms with Gasteiger partial charge >= 0.3 is 0 Å². The number of hydrogen-bond acceptors (Lipinski definition) is 6. The molecule has 1 N–H and O–H groups in total. The lowest BCUT2D eigenvalue weighted by Crippen LogP contribution is -2.37. The van der Waals surface area contributed by atoms with Crippen LogP contribution in [0.3, 0.4) is 0 Å². The highest BCUT2D eigenvalue weighted by molar-refractivity contribution is 5.77. The van der Waals surface area contributed by atoms with E-state index in [0.717, 1.165) is 30.2 Å². The van der Waals surface area contributed by atoms with E-state index in [1.165, 1.54) is 0 Å². The molecular formula is C19H24N4O3. The van der Waals surface area contributed by atoms with Crippen LogP contribution >= 0.6 is 0 Å². The predicted molar refractivity (Wildman–Crippen MR) is 98.3 cm³/mol. The van der Waals surface area contributed by atoms with E-state index in [9.17, 15) is 4.79 Å². The van der Waals surface area contributed by atoms with E-state index in [4.69, 9.17) is 9.47 Å². The van der Waals surface area contributed by atoms with Crippen molar-refractivity contribution in [2.75, 3.05) is 37.8 Å². The van der Waals surface area contributed by atoms with Gasteiger partial charge in [-0.2, -0.15) is 0 Å². The molecule has 0 aliphatic carbocycles. The number of nitrogens with zero attached hydrogens (tertiary/aromatic N) is 3. The molecule has 1 aromatic heterocycles. The summed E-state index contributed by atoms with van der Waals surface area (Å²) in [6, 6.07) is 9.57. The maximum absolute atomic E-state index is 12.1. The Balaban J connectivity index is 1.54. The number of para-hydroxylation sites is 1. The number of morpholine rings is 1. The van der Waals surface area contributed by atoms with Gasteiger partial charge in [-0.05, 0) is 25.5 Å². The predicted octanol–water partition coefficient (Wildman–Crippen LogP) is 1.63. The summed E-state index contributed by atoms with van der Waals surface area (Å²) in [4.78, 5) is 23.2. The van der Waals surface area contributed by atoms with Gasteiger partial charge in [0.25, 0.3) is 5.91 Å². The fraction of sp³-hybridized carbons (Fsp3) is 0.421. The number of carbonyl (C=O) groups excluding carboxylic acids is 1. The largest absolute Gasteiger partial charge is 0.484 e. The zero-order chi connectivity index (χ0) is 18.4. The minimum atomic E-state index is -0.203. The standard InChI is InChI=1S/C19H24N4O3/c1-14-5-3-4-6-16(14)26-13-19(24)20-12-17-21-15(2)11-18(22-17)23-7-9-25-10-8-23/h3-6,11H,7-10,12-13H2,1-2H3,(H,20,24). The Morgan fingerprint density at radius 1 is 1.23 bits per heavy atom. The summed E-state index contributed by atoms with van der Waals surface area (Å²) >= 11 is 0. The topological polar surface area (TPSA) is 76.6 Å². The summed E-state index contributed by atoms with van der Waals surface area (Å²) in [5.41, 5.74) is 1.87. The Morgan fingerprint density at radius 3 is 2.77 bits per heavy atom. The first-order chi connectivity index (χ1) is 12.6. The smallest absolute Gasteiger partial charge is 0.258 e. The number of rotatable bonds is 6. The van der Waals surface area contributed by atoms with Gasteiger partial charge in [-0.15, -0.1) is 0 Å². The van der Waals surface area contributed by atoms with Crippen LogP contribution < -0.4 is 15.0 Å². The number of ether oxygens (including phenoxy) is 2. The van der Waals surface area contributed by atoms with Gasteiger partial charge in [0.1, 0.15) is 17.4 Å². The number of benzene rings is 1. The van der Waals surface area contributed by atoms with Gasteiger partial charge in [0.15, 0.2) is 6.61 Å². The van der Waals surface area contributed by atoms with Crippen LogP contribution in [0.15, 0.2) is 30.3 Å². The molecule has 7 nitrogen and oxygen atoms in total. The minimum Gasteiger partial charge on any atom is -0.484 e. The van der Waals surface area contributed by atoms with Gasteiger partial charge in [-0.1, -0.05) is 18.2 Å². The van der Waals surface area contributed by atoms with E-state index >= 15 is 0 Å². The average molecular weight is 356 g/mol. The first-order valence-corrected chi connectivity index (χ1v) is 8.74. The maximum atomic E-state index is 12.1. The van der Waals surface area contributed by atoms with E-state index in [-0.39, 0.29) is 19.1 Å². The van der Waals surface area contributed by atoms with Gasteiger partial charge in [0.2, 0.25) is 0 Å². The first-order valence-electron chi connectivity index (χ1n) is 8.74. The third-order valence-corrected chi connectivity index (χ3v) is 4.12. The summed E-state index contributed by atoms with van der Waals surface area (Å²) in [6.45, 7) is 7.14. The monoisotopic (exact) mass is 356 g/mol. The van der Waals surface area contributed by atoms with Crippen molar-refractivity contribution >= 4 is 11.7 Å². The summed E-state index contributed by atoms with van der Waals surface area (Å²) < 4.78 is 10.9. The van der Waals surface area contributed by atoms with Crippen molar-refractivity contribution in [3.05, 3.63) is 47.4 Å². The van der Waals surface area contributed by atoms with E-state index in [1.807, 2.05) is 44.2 Å². The second kappa shape index (κ2) is 8.62. The number of aromatic nitrogens is 2. The van der Waals surface area contributed by atoms with E-state index in [2.05, 4.69) is 20.2 Å². The van der Waals surface area contributed by atoms with Crippen LogP contribution in [0.4, 0.5) is 5.82 Å². The van der Waals surface area contributed by atoms with Gasteiger partial charge in [0, 0.05) is 24.8 Å². The molecule has 0 atom stereocenters. The number of amides is 1. The number of nitrogens with one attached hydrogen (secondary N) is 1. The van der Waals surface area contributed by atoms with Crippen LogP contribution in [0.1, 0.15) is 17.1 Å². The maximum Gasteiger partial charge on any atom is 0.258 e. The molecule has 1 fully saturated rings. The molecule has 2 heterocycles. The van der Waals surface area contributed by atoms with Crippen LogP contribution in [0.25, 0.3) is 0 Å². The van der Waals surface area contributed by atoms with Crippen molar-refractivity contribution in [2.45, 2.75) is 20.4 Å². The second-order valence-corrected chi connectivity index (χ2v) is 6.21. The molecule has 0 bridgehead atoms. The molecule has 1 amide bonds. The molecule has 26 heavy (non-hydrogen) atoms. The van der Waals surface area contributed by atoms with E-state index in [1.54, 1.807) is 0 Å². The van der Waals surface area contributed by atoms with Crippen molar-refractivity contribution < 1.29 is 14.3 Å². The lowest BCUT2D eigenvalue weighted by atomic mass is 10.2. The van der Waals surface area contributed by atoms with Crippen LogP contribution in [-0.4, -0.2) is 48.8 Å². The number of anilines is 1. The SMILES string of the molecule is Cc1cc(N2CCOCC2)nc(CNC(=O)COc2ccccc2C)n1. The van der Waals surface area contributed by atoms with E-state index in [0.29, 0.717) is 24.8 Å². The Morgan fingerprint density at radius 2 is 2.00 bits per heavy atom. The molecule has 1 aliphatic rings. The van der Waals surface area contributed by atoms with Gasteiger partial charge < -0.3 is 19.7 Å². The lowest BCUT2D eigenvalue weighted by Gasteiger charge is -2.28. The number of aryl methyl sites for hydroxylation is 2. The van der Waals surface area contributed by atoms with Crippen molar-refractivity contribution in [2.24, 2.45) is 0 Å². The van der Waals surface area contributed by atoms with Gasteiger partial charge in [-0.25, -0.2) is 9.97 Å². The van der Waals surface area contributed by atoms with Crippen molar-refractivity contribution in [1.29, 1.82) is 0 Å². The third-order valence-electron chi connectivity index (χ3n) is 4.12. The highest BCUT2D eigenvalue weighted by atomic mass is 16.5. The fourth-order valence-corrected chi connectivity index (χ4v) is 2.74. The van der Waals surface area contributed by atoms with Crippen LogP contribution in [0.5, 0.6) is 5.75 Å². The number of carbonyl (C=O) groups is 1. The fourth-order valence-electron chi connectivity index (χ4n) is 2.74. The quantitative estimate of drug-likeness (QED) is 0.848. The van der Waals surface area contributed by atoms with Crippen molar-refractivity contribution in [3.8, 4) is 5.75 Å². The average Bonchev–Trinajstić information content (AvgIpc) is 2.66. The van der Waals surface area contributed by atoms with Crippen LogP contribution in [-0.2, 0) is 16.1 Å². The molecule has 138 valence electrons. The minimum absolute atomic E-state index is 0.0347. The molecule has 0 spiro atoms. The molecule has 7 heteroatoms. The van der Waals surface area contributed by atoms with Crippen LogP contribution in [0, 0.1) is 13.8 Å². The zero-order valence-electron chi connectivity index (χ0n) is 15.2. The molecule has 1 aliphatic heterocycles.